The Kier molecular flexibility index (Phi) is 3.51. The lowest BCUT2D eigenvalue weighted by Crippen LogP contribution is -2.20. The maximum Gasteiger partial charge on any atom is 0.345 e. The van der Waals surface area contributed by atoms with Crippen molar-refractivity contribution in [2.75, 3.05) is 6.61 Å². The van der Waals surface area contributed by atoms with Crippen LogP contribution in [0.2, 0.25) is 5.15 Å². The van der Waals surface area contributed by atoms with Crippen LogP contribution in [-0.4, -0.2) is 22.0 Å². The van der Waals surface area contributed by atoms with E-state index in [1.54, 1.807) is 19.2 Å². The van der Waals surface area contributed by atoms with Crippen LogP contribution in [0.3, 0.4) is 0 Å². The van der Waals surface area contributed by atoms with Crippen molar-refractivity contribution in [1.82, 2.24) is 9.38 Å². The Bertz CT molecular complexity index is 1180. The molecular formula is C17H11ClN2O3S. The molecule has 0 radical (unpaired) electrons. The van der Waals surface area contributed by atoms with Crippen LogP contribution in [0.1, 0.15) is 17.3 Å². The van der Waals surface area contributed by atoms with Crippen LogP contribution in [0.15, 0.2) is 41.3 Å². The average Bonchev–Trinajstić information content (AvgIpc) is 2.94. The molecule has 0 saturated heterocycles. The van der Waals surface area contributed by atoms with Crippen LogP contribution in [0, 0.1) is 0 Å². The van der Waals surface area contributed by atoms with Gasteiger partial charge in [-0.3, -0.25) is 9.20 Å². The lowest BCUT2D eigenvalue weighted by Gasteiger charge is -2.08. The fourth-order valence-corrected chi connectivity index (χ4v) is 4.24. The SMILES string of the molecule is CCOC(=O)c1c(=O)c2c(Cl)nccc2n2c1sc1ccccc12. The van der Waals surface area contributed by atoms with Gasteiger partial charge in [-0.15, -0.1) is 11.3 Å². The molecule has 0 fully saturated rings. The lowest BCUT2D eigenvalue weighted by atomic mass is 10.1. The minimum absolute atomic E-state index is 0.000417. The van der Waals surface area contributed by atoms with Crippen LogP contribution in [0.25, 0.3) is 25.9 Å². The van der Waals surface area contributed by atoms with Crippen LogP contribution in [0.5, 0.6) is 0 Å². The number of thiazole rings is 1. The molecule has 1 aromatic carbocycles. The van der Waals surface area contributed by atoms with E-state index >= 15 is 0 Å². The minimum atomic E-state index is -0.645. The summed E-state index contributed by atoms with van der Waals surface area (Å²) in [6, 6.07) is 9.43. The fourth-order valence-electron chi connectivity index (χ4n) is 2.82. The van der Waals surface area contributed by atoms with Gasteiger partial charge in [0.15, 0.2) is 0 Å². The first-order chi connectivity index (χ1) is 11.6. The number of carbonyl (C=O) groups excluding carboxylic acids is 1. The molecule has 0 unspecified atom stereocenters. The second kappa shape index (κ2) is 5.58. The molecule has 0 aliphatic heterocycles. The number of halogens is 1. The van der Waals surface area contributed by atoms with Crippen molar-refractivity contribution in [3.05, 3.63) is 57.5 Å². The van der Waals surface area contributed by atoms with E-state index in [0.717, 1.165) is 10.2 Å². The third-order valence-electron chi connectivity index (χ3n) is 3.79. The largest absolute Gasteiger partial charge is 0.462 e. The number of pyridine rings is 2. The molecule has 4 rings (SSSR count). The molecule has 0 amide bonds. The number of nitrogens with zero attached hydrogens (tertiary/aromatic N) is 2. The number of aromatic nitrogens is 2. The Labute approximate surface area is 145 Å². The molecule has 3 heterocycles. The molecule has 0 atom stereocenters. The summed E-state index contributed by atoms with van der Waals surface area (Å²) >= 11 is 7.54. The number of para-hydroxylation sites is 1. The van der Waals surface area contributed by atoms with Crippen molar-refractivity contribution in [2.45, 2.75) is 6.92 Å². The monoisotopic (exact) mass is 358 g/mol. The minimum Gasteiger partial charge on any atom is -0.462 e. The molecule has 0 bridgehead atoms. The van der Waals surface area contributed by atoms with E-state index in [9.17, 15) is 9.59 Å². The van der Waals surface area contributed by atoms with Gasteiger partial charge >= 0.3 is 5.97 Å². The summed E-state index contributed by atoms with van der Waals surface area (Å²) in [5.41, 5.74) is 1.07. The predicted octanol–water partition coefficient (Wildman–Crippen LogP) is 3.89. The van der Waals surface area contributed by atoms with Crippen LogP contribution >= 0.6 is 22.9 Å². The zero-order valence-electron chi connectivity index (χ0n) is 12.6. The first kappa shape index (κ1) is 15.1. The molecule has 24 heavy (non-hydrogen) atoms. The molecule has 7 heteroatoms. The van der Waals surface area contributed by atoms with Crippen molar-refractivity contribution in [3.63, 3.8) is 0 Å². The smallest absolute Gasteiger partial charge is 0.345 e. The number of hydrogen-bond acceptors (Lipinski definition) is 5. The average molecular weight is 359 g/mol. The normalized spacial score (nSPS) is 11.4. The van der Waals surface area contributed by atoms with Gasteiger partial charge in [-0.25, -0.2) is 9.78 Å². The Balaban J connectivity index is 2.32. The first-order valence-corrected chi connectivity index (χ1v) is 8.50. The molecule has 0 spiro atoms. The van der Waals surface area contributed by atoms with Crippen molar-refractivity contribution in [1.29, 1.82) is 0 Å². The predicted molar refractivity (Wildman–Crippen MR) is 95.3 cm³/mol. The van der Waals surface area contributed by atoms with Gasteiger partial charge in [0.25, 0.3) is 0 Å². The number of hydrogen-bond donors (Lipinski definition) is 0. The van der Waals surface area contributed by atoms with Gasteiger partial charge in [0.2, 0.25) is 5.43 Å². The second-order valence-corrected chi connectivity index (χ2v) is 6.52. The highest BCUT2D eigenvalue weighted by molar-refractivity contribution is 7.24. The molecular weight excluding hydrogens is 348 g/mol. The summed E-state index contributed by atoms with van der Waals surface area (Å²) < 4.78 is 7.93. The number of fused-ring (bicyclic) bond motifs is 5. The molecule has 120 valence electrons. The maximum atomic E-state index is 12.9. The fraction of sp³-hybridized carbons (Fsp3) is 0.118. The summed E-state index contributed by atoms with van der Waals surface area (Å²) in [6.45, 7) is 1.89. The van der Waals surface area contributed by atoms with Gasteiger partial charge in [0.1, 0.15) is 15.5 Å². The third kappa shape index (κ3) is 2.03. The third-order valence-corrected chi connectivity index (χ3v) is 5.22. The van der Waals surface area contributed by atoms with Crippen LogP contribution < -0.4 is 5.43 Å². The maximum absolute atomic E-state index is 12.9. The summed E-state index contributed by atoms with van der Waals surface area (Å²) in [4.78, 5) is 29.9. The summed E-state index contributed by atoms with van der Waals surface area (Å²) in [5, 5.41) is 0.302. The Morgan fingerprint density at radius 2 is 2.08 bits per heavy atom. The highest BCUT2D eigenvalue weighted by Crippen LogP contribution is 2.32. The highest BCUT2D eigenvalue weighted by atomic mass is 35.5. The van der Waals surface area contributed by atoms with E-state index < -0.39 is 11.4 Å². The topological polar surface area (TPSA) is 60.7 Å². The van der Waals surface area contributed by atoms with Gasteiger partial charge in [-0.1, -0.05) is 23.7 Å². The Hall–Kier alpha value is -2.44. The van der Waals surface area contributed by atoms with Crippen molar-refractivity contribution >= 4 is 54.9 Å². The number of rotatable bonds is 2. The van der Waals surface area contributed by atoms with E-state index in [-0.39, 0.29) is 22.7 Å². The van der Waals surface area contributed by atoms with E-state index in [0.29, 0.717) is 10.3 Å². The van der Waals surface area contributed by atoms with E-state index in [2.05, 4.69) is 4.98 Å². The number of esters is 1. The molecule has 0 N–H and O–H groups in total. The zero-order valence-corrected chi connectivity index (χ0v) is 14.1. The molecule has 3 aromatic heterocycles. The van der Waals surface area contributed by atoms with Crippen molar-refractivity contribution in [2.24, 2.45) is 0 Å². The highest BCUT2D eigenvalue weighted by Gasteiger charge is 2.24. The number of carbonyl (C=O) groups is 1. The van der Waals surface area contributed by atoms with Crippen molar-refractivity contribution in [3.8, 4) is 0 Å². The second-order valence-electron chi connectivity index (χ2n) is 5.13. The standard InChI is InChI=1S/C17H11ClN2O3S/c1-2-23-17(22)13-14(21)12-10(7-8-19-15(12)18)20-9-5-3-4-6-11(9)24-16(13)20/h3-8H,2H2,1H3. The number of ether oxygens (including phenoxy) is 1. The van der Waals surface area contributed by atoms with Crippen molar-refractivity contribution < 1.29 is 9.53 Å². The number of benzene rings is 1. The van der Waals surface area contributed by atoms with Gasteiger partial charge in [0.05, 0.1) is 27.7 Å². The van der Waals surface area contributed by atoms with Gasteiger partial charge in [-0.05, 0) is 25.1 Å². The summed E-state index contributed by atoms with van der Waals surface area (Å²) in [7, 11) is 0. The first-order valence-electron chi connectivity index (χ1n) is 7.31. The molecule has 4 aromatic rings. The van der Waals surface area contributed by atoms with E-state index in [1.165, 1.54) is 11.3 Å². The Morgan fingerprint density at radius 3 is 2.88 bits per heavy atom. The van der Waals surface area contributed by atoms with Gasteiger partial charge < -0.3 is 4.74 Å². The van der Waals surface area contributed by atoms with Crippen LogP contribution in [0.4, 0.5) is 0 Å². The summed E-state index contributed by atoms with van der Waals surface area (Å²) in [6.07, 6.45) is 1.55. The Morgan fingerprint density at radius 1 is 1.29 bits per heavy atom. The zero-order chi connectivity index (χ0) is 16.8. The van der Waals surface area contributed by atoms with Gasteiger partial charge in [0, 0.05) is 6.20 Å². The quantitative estimate of drug-likeness (QED) is 0.403. The molecule has 0 aliphatic rings. The lowest BCUT2D eigenvalue weighted by molar-refractivity contribution is 0.0527. The van der Waals surface area contributed by atoms with E-state index in [1.807, 2.05) is 28.7 Å². The van der Waals surface area contributed by atoms with E-state index in [4.69, 9.17) is 16.3 Å². The van der Waals surface area contributed by atoms with Gasteiger partial charge in [-0.2, -0.15) is 0 Å². The molecule has 5 nitrogen and oxygen atoms in total. The molecule has 0 saturated carbocycles. The molecule has 0 aliphatic carbocycles. The summed E-state index contributed by atoms with van der Waals surface area (Å²) in [5.74, 6) is -0.645. The van der Waals surface area contributed by atoms with Crippen LogP contribution in [-0.2, 0) is 4.74 Å².